The number of anilines is 1. The molecule has 0 aliphatic heterocycles. The average Bonchev–Trinajstić information content (AvgIpc) is 2.20. The van der Waals surface area contributed by atoms with E-state index in [0.29, 0.717) is 11.6 Å². The number of ether oxygens (including phenoxy) is 1. The quantitative estimate of drug-likeness (QED) is 0.789. The summed E-state index contributed by atoms with van der Waals surface area (Å²) < 4.78 is 5.44. The number of nitrogens with two attached hydrogens (primary N) is 1. The highest BCUT2D eigenvalue weighted by Crippen LogP contribution is 2.15. The average molecular weight is 191 g/mol. The molecule has 0 bridgehead atoms. The van der Waals surface area contributed by atoms with Crippen LogP contribution < -0.4 is 10.5 Å². The lowest BCUT2D eigenvalue weighted by Gasteiger charge is -2.11. The number of nitrogen functional groups attached to an aromatic ring is 1. The zero-order valence-electron chi connectivity index (χ0n) is 8.32. The Morgan fingerprint density at radius 2 is 2.36 bits per heavy atom. The number of hydrogen-bond acceptors (Lipinski definition) is 4. The summed E-state index contributed by atoms with van der Waals surface area (Å²) in [5, 5.41) is 8.69. The zero-order chi connectivity index (χ0) is 10.6. The first-order valence-corrected chi connectivity index (χ1v) is 4.50. The third kappa shape index (κ3) is 2.36. The van der Waals surface area contributed by atoms with Crippen LogP contribution in [-0.4, -0.2) is 11.1 Å². The van der Waals surface area contributed by atoms with Gasteiger partial charge in [-0.05, 0) is 19.4 Å². The van der Waals surface area contributed by atoms with Gasteiger partial charge in [-0.2, -0.15) is 5.26 Å². The van der Waals surface area contributed by atoms with Crippen LogP contribution in [0.4, 0.5) is 5.69 Å². The molecule has 1 aromatic rings. The first-order valence-electron chi connectivity index (χ1n) is 4.50. The molecule has 1 aromatic heterocycles. The normalized spacial score (nSPS) is 11.8. The number of rotatable bonds is 3. The summed E-state index contributed by atoms with van der Waals surface area (Å²) in [6.07, 6.45) is 0.992. The number of aromatic nitrogens is 1. The molecule has 0 fully saturated rings. The van der Waals surface area contributed by atoms with Crippen LogP contribution in [0.5, 0.6) is 5.88 Å². The molecule has 0 radical (unpaired) electrons. The van der Waals surface area contributed by atoms with Gasteiger partial charge in [-0.25, -0.2) is 4.98 Å². The first kappa shape index (κ1) is 10.3. The Hall–Kier alpha value is -1.76. The van der Waals surface area contributed by atoms with Gasteiger partial charge in [0.25, 0.3) is 0 Å². The smallest absolute Gasteiger partial charge is 0.214 e. The molecule has 1 heterocycles. The summed E-state index contributed by atoms with van der Waals surface area (Å²) in [5.74, 6) is 0.449. The first-order chi connectivity index (χ1) is 6.67. The number of pyridine rings is 1. The van der Waals surface area contributed by atoms with Gasteiger partial charge in [-0.3, -0.25) is 0 Å². The molecule has 0 saturated carbocycles. The van der Waals surface area contributed by atoms with Crippen molar-refractivity contribution in [1.82, 2.24) is 4.98 Å². The Bertz CT molecular complexity index is 357. The van der Waals surface area contributed by atoms with Crippen LogP contribution in [-0.2, 0) is 0 Å². The van der Waals surface area contributed by atoms with Crippen LogP contribution in [0.25, 0.3) is 0 Å². The Labute approximate surface area is 83.3 Å². The molecular weight excluding hydrogens is 178 g/mol. The SMILES string of the molecule is CCC(C)Oc1ccc(N)c(C#N)n1. The Morgan fingerprint density at radius 3 is 2.93 bits per heavy atom. The van der Waals surface area contributed by atoms with Crippen LogP contribution in [0.15, 0.2) is 12.1 Å². The molecule has 4 nitrogen and oxygen atoms in total. The lowest BCUT2D eigenvalue weighted by Crippen LogP contribution is -2.11. The fourth-order valence-electron chi connectivity index (χ4n) is 0.897. The van der Waals surface area contributed by atoms with Crippen molar-refractivity contribution in [3.8, 4) is 11.9 Å². The van der Waals surface area contributed by atoms with E-state index in [4.69, 9.17) is 15.7 Å². The summed E-state index contributed by atoms with van der Waals surface area (Å²) in [5.41, 5.74) is 6.12. The van der Waals surface area contributed by atoms with E-state index in [1.807, 2.05) is 19.9 Å². The van der Waals surface area contributed by atoms with Gasteiger partial charge in [0.1, 0.15) is 6.07 Å². The summed E-state index contributed by atoms with van der Waals surface area (Å²) >= 11 is 0. The van der Waals surface area contributed by atoms with E-state index >= 15 is 0 Å². The van der Waals surface area contributed by atoms with Gasteiger partial charge in [-0.1, -0.05) is 6.92 Å². The lowest BCUT2D eigenvalue weighted by atomic mass is 10.3. The van der Waals surface area contributed by atoms with Crippen LogP contribution in [0, 0.1) is 11.3 Å². The fourth-order valence-corrected chi connectivity index (χ4v) is 0.897. The molecule has 0 aromatic carbocycles. The minimum atomic E-state index is 0.0951. The molecule has 1 atom stereocenters. The van der Waals surface area contributed by atoms with Gasteiger partial charge < -0.3 is 10.5 Å². The van der Waals surface area contributed by atoms with Gasteiger partial charge in [-0.15, -0.1) is 0 Å². The van der Waals surface area contributed by atoms with E-state index < -0.39 is 0 Å². The van der Waals surface area contributed by atoms with Crippen molar-refractivity contribution < 1.29 is 4.74 Å². The van der Waals surface area contributed by atoms with Gasteiger partial charge in [0, 0.05) is 6.07 Å². The second kappa shape index (κ2) is 4.47. The highest BCUT2D eigenvalue weighted by molar-refractivity contribution is 5.50. The number of nitrogens with zero attached hydrogens (tertiary/aromatic N) is 2. The van der Waals surface area contributed by atoms with Crippen LogP contribution >= 0.6 is 0 Å². The van der Waals surface area contributed by atoms with Crippen molar-refractivity contribution in [3.63, 3.8) is 0 Å². The zero-order valence-corrected chi connectivity index (χ0v) is 8.32. The lowest BCUT2D eigenvalue weighted by molar-refractivity contribution is 0.208. The standard InChI is InChI=1S/C10H13N3O/c1-3-7(2)14-10-5-4-8(12)9(6-11)13-10/h4-5,7H,3,12H2,1-2H3. The molecular formula is C10H13N3O. The third-order valence-electron chi connectivity index (χ3n) is 1.90. The maximum absolute atomic E-state index is 8.69. The molecule has 14 heavy (non-hydrogen) atoms. The second-order valence-electron chi connectivity index (χ2n) is 3.04. The predicted molar refractivity (Wildman–Crippen MR) is 53.7 cm³/mol. The van der Waals surface area contributed by atoms with Crippen molar-refractivity contribution in [3.05, 3.63) is 17.8 Å². The Balaban J connectivity index is 2.86. The summed E-state index contributed by atoms with van der Waals surface area (Å²) in [7, 11) is 0. The van der Waals surface area contributed by atoms with Gasteiger partial charge in [0.15, 0.2) is 5.69 Å². The number of nitriles is 1. The molecule has 1 unspecified atom stereocenters. The van der Waals surface area contributed by atoms with E-state index in [1.54, 1.807) is 12.1 Å². The Kier molecular flexibility index (Phi) is 3.29. The summed E-state index contributed by atoms with van der Waals surface area (Å²) in [4.78, 5) is 3.97. The predicted octanol–water partition coefficient (Wildman–Crippen LogP) is 1.71. The van der Waals surface area contributed by atoms with Crippen LogP contribution in [0.3, 0.4) is 0 Å². The minimum absolute atomic E-state index is 0.0951. The van der Waals surface area contributed by atoms with Crippen molar-refractivity contribution in [2.75, 3.05) is 5.73 Å². The molecule has 74 valence electrons. The van der Waals surface area contributed by atoms with Gasteiger partial charge in [0.05, 0.1) is 11.8 Å². The molecule has 4 heteroatoms. The minimum Gasteiger partial charge on any atom is -0.475 e. The largest absolute Gasteiger partial charge is 0.475 e. The van der Waals surface area contributed by atoms with Crippen molar-refractivity contribution in [2.24, 2.45) is 0 Å². The molecule has 0 amide bonds. The highest BCUT2D eigenvalue weighted by atomic mass is 16.5. The van der Waals surface area contributed by atoms with Crippen LogP contribution in [0.2, 0.25) is 0 Å². The maximum atomic E-state index is 8.69. The third-order valence-corrected chi connectivity index (χ3v) is 1.90. The molecule has 0 aliphatic rings. The number of hydrogen-bond donors (Lipinski definition) is 1. The van der Waals surface area contributed by atoms with Gasteiger partial charge >= 0.3 is 0 Å². The highest BCUT2D eigenvalue weighted by Gasteiger charge is 2.05. The molecule has 0 spiro atoms. The molecule has 1 rings (SSSR count). The van der Waals surface area contributed by atoms with E-state index in [0.717, 1.165) is 6.42 Å². The van der Waals surface area contributed by atoms with E-state index in [9.17, 15) is 0 Å². The van der Waals surface area contributed by atoms with Crippen LogP contribution in [0.1, 0.15) is 26.0 Å². The van der Waals surface area contributed by atoms with E-state index in [-0.39, 0.29) is 11.8 Å². The van der Waals surface area contributed by atoms with Gasteiger partial charge in [0.2, 0.25) is 5.88 Å². The monoisotopic (exact) mass is 191 g/mol. The maximum Gasteiger partial charge on any atom is 0.214 e. The molecule has 0 aliphatic carbocycles. The van der Waals surface area contributed by atoms with Crippen molar-refractivity contribution in [1.29, 1.82) is 5.26 Å². The van der Waals surface area contributed by atoms with Crippen molar-refractivity contribution in [2.45, 2.75) is 26.4 Å². The molecule has 2 N–H and O–H groups in total. The van der Waals surface area contributed by atoms with E-state index in [2.05, 4.69) is 4.98 Å². The van der Waals surface area contributed by atoms with Crippen molar-refractivity contribution >= 4 is 5.69 Å². The second-order valence-corrected chi connectivity index (χ2v) is 3.04. The molecule has 0 saturated heterocycles. The van der Waals surface area contributed by atoms with E-state index in [1.165, 1.54) is 0 Å². The Morgan fingerprint density at radius 1 is 1.64 bits per heavy atom. The fraction of sp³-hybridized carbons (Fsp3) is 0.400. The summed E-state index contributed by atoms with van der Waals surface area (Å²) in [6.45, 7) is 3.97. The summed E-state index contributed by atoms with van der Waals surface area (Å²) in [6, 6.07) is 5.21. The topological polar surface area (TPSA) is 71.9 Å².